The SMILES string of the molecule is COCCC1(c2noc(-c3cccnc3)n2)CCCN(S(=O)(=O)c2cccnc2)C1. The van der Waals surface area contributed by atoms with Gasteiger partial charge in [0.05, 0.1) is 5.56 Å². The summed E-state index contributed by atoms with van der Waals surface area (Å²) in [5.74, 6) is 0.853. The van der Waals surface area contributed by atoms with Crippen LogP contribution in [0.25, 0.3) is 11.5 Å². The second kappa shape index (κ2) is 8.58. The van der Waals surface area contributed by atoms with E-state index in [1.807, 2.05) is 6.07 Å². The minimum atomic E-state index is -3.68. The van der Waals surface area contributed by atoms with Gasteiger partial charge in [0.2, 0.25) is 10.0 Å². The lowest BCUT2D eigenvalue weighted by Crippen LogP contribution is -2.49. The second-order valence-electron chi connectivity index (χ2n) is 7.32. The fourth-order valence-electron chi connectivity index (χ4n) is 3.78. The van der Waals surface area contributed by atoms with Gasteiger partial charge in [-0.05, 0) is 43.5 Å². The molecule has 10 heteroatoms. The van der Waals surface area contributed by atoms with Crippen molar-refractivity contribution < 1.29 is 17.7 Å². The van der Waals surface area contributed by atoms with Crippen molar-refractivity contribution in [3.63, 3.8) is 0 Å². The summed E-state index contributed by atoms with van der Waals surface area (Å²) >= 11 is 0. The van der Waals surface area contributed by atoms with Gasteiger partial charge in [-0.2, -0.15) is 9.29 Å². The molecule has 0 bridgehead atoms. The molecule has 1 aliphatic rings. The highest BCUT2D eigenvalue weighted by molar-refractivity contribution is 7.89. The second-order valence-corrected chi connectivity index (χ2v) is 9.26. The molecule has 4 rings (SSSR count). The van der Waals surface area contributed by atoms with Crippen LogP contribution in [0.5, 0.6) is 0 Å². The summed E-state index contributed by atoms with van der Waals surface area (Å²) in [7, 11) is -2.05. The standard InChI is InChI=1S/C20H23N5O4S/c1-28-12-8-20(19-23-18(29-24-19)16-5-2-9-21-13-16)7-4-11-25(15-20)30(26,27)17-6-3-10-22-14-17/h2-3,5-6,9-10,13-14H,4,7-8,11-12,15H2,1H3. The van der Waals surface area contributed by atoms with Gasteiger partial charge in [-0.15, -0.1) is 0 Å². The van der Waals surface area contributed by atoms with Crippen molar-refractivity contribution in [1.29, 1.82) is 0 Å². The molecule has 3 aromatic heterocycles. The summed E-state index contributed by atoms with van der Waals surface area (Å²) in [6, 6.07) is 6.81. The van der Waals surface area contributed by atoms with E-state index in [4.69, 9.17) is 9.26 Å². The lowest BCUT2D eigenvalue weighted by Gasteiger charge is -2.40. The van der Waals surface area contributed by atoms with Crippen molar-refractivity contribution in [2.45, 2.75) is 29.6 Å². The van der Waals surface area contributed by atoms with E-state index in [0.717, 1.165) is 6.42 Å². The third-order valence-electron chi connectivity index (χ3n) is 5.41. The van der Waals surface area contributed by atoms with E-state index in [1.54, 1.807) is 43.9 Å². The van der Waals surface area contributed by atoms with E-state index in [9.17, 15) is 8.42 Å². The Balaban J connectivity index is 1.68. The van der Waals surface area contributed by atoms with Gasteiger partial charge in [0.1, 0.15) is 4.90 Å². The number of hydrogen-bond acceptors (Lipinski definition) is 8. The normalized spacial score (nSPS) is 20.3. The van der Waals surface area contributed by atoms with E-state index in [1.165, 1.54) is 10.5 Å². The summed E-state index contributed by atoms with van der Waals surface area (Å²) in [6.07, 6.45) is 8.24. The Kier molecular flexibility index (Phi) is 5.89. The lowest BCUT2D eigenvalue weighted by atomic mass is 9.77. The molecule has 1 aliphatic heterocycles. The van der Waals surface area contributed by atoms with Crippen molar-refractivity contribution in [2.24, 2.45) is 0 Å². The minimum absolute atomic E-state index is 0.178. The Labute approximate surface area is 175 Å². The van der Waals surface area contributed by atoms with Gasteiger partial charge in [0.15, 0.2) is 5.82 Å². The van der Waals surface area contributed by atoms with E-state index in [-0.39, 0.29) is 11.4 Å². The molecule has 0 aromatic carbocycles. The molecule has 0 aliphatic carbocycles. The predicted molar refractivity (Wildman–Crippen MR) is 108 cm³/mol. The molecule has 1 fully saturated rings. The fourth-order valence-corrected chi connectivity index (χ4v) is 5.31. The van der Waals surface area contributed by atoms with Gasteiger partial charge >= 0.3 is 0 Å². The Morgan fingerprint density at radius 2 is 2.00 bits per heavy atom. The van der Waals surface area contributed by atoms with Crippen LogP contribution in [-0.4, -0.2) is 59.6 Å². The van der Waals surface area contributed by atoms with E-state index >= 15 is 0 Å². The maximum Gasteiger partial charge on any atom is 0.259 e. The molecule has 0 radical (unpaired) electrons. The highest BCUT2D eigenvalue weighted by Crippen LogP contribution is 2.38. The topological polar surface area (TPSA) is 111 Å². The maximum atomic E-state index is 13.2. The van der Waals surface area contributed by atoms with Crippen molar-refractivity contribution in [1.82, 2.24) is 24.4 Å². The monoisotopic (exact) mass is 429 g/mol. The van der Waals surface area contributed by atoms with Gasteiger partial charge in [0.25, 0.3) is 5.89 Å². The molecule has 0 saturated carbocycles. The predicted octanol–water partition coefficient (Wildman–Crippen LogP) is 2.29. The average Bonchev–Trinajstić information content (AvgIpc) is 3.30. The van der Waals surface area contributed by atoms with Crippen LogP contribution in [0.15, 0.2) is 58.5 Å². The molecule has 1 unspecified atom stereocenters. The first-order chi connectivity index (χ1) is 14.5. The largest absolute Gasteiger partial charge is 0.385 e. The summed E-state index contributed by atoms with van der Waals surface area (Å²) in [5.41, 5.74) is 0.113. The van der Waals surface area contributed by atoms with Crippen LogP contribution in [0.2, 0.25) is 0 Å². The number of nitrogens with zero attached hydrogens (tertiary/aromatic N) is 5. The molecule has 4 heterocycles. The first kappa shape index (κ1) is 20.6. The number of aromatic nitrogens is 4. The molecule has 9 nitrogen and oxygen atoms in total. The van der Waals surface area contributed by atoms with Gasteiger partial charge in [-0.1, -0.05) is 5.16 Å². The van der Waals surface area contributed by atoms with Crippen LogP contribution in [0.1, 0.15) is 25.1 Å². The Morgan fingerprint density at radius 1 is 1.20 bits per heavy atom. The first-order valence-electron chi connectivity index (χ1n) is 9.69. The number of piperidine rings is 1. The fraction of sp³-hybridized carbons (Fsp3) is 0.400. The van der Waals surface area contributed by atoms with Crippen molar-refractivity contribution >= 4 is 10.0 Å². The molecule has 30 heavy (non-hydrogen) atoms. The summed E-state index contributed by atoms with van der Waals surface area (Å²) < 4.78 is 38.7. The molecule has 0 spiro atoms. The average molecular weight is 430 g/mol. The number of pyridine rings is 2. The zero-order valence-electron chi connectivity index (χ0n) is 16.6. The van der Waals surface area contributed by atoms with Crippen molar-refractivity contribution in [3.05, 3.63) is 54.9 Å². The van der Waals surface area contributed by atoms with E-state index in [0.29, 0.717) is 43.3 Å². The zero-order valence-corrected chi connectivity index (χ0v) is 17.5. The third-order valence-corrected chi connectivity index (χ3v) is 7.24. The number of rotatable bonds is 7. The number of sulfonamides is 1. The quantitative estimate of drug-likeness (QED) is 0.562. The minimum Gasteiger partial charge on any atom is -0.385 e. The number of methoxy groups -OCH3 is 1. The highest BCUT2D eigenvalue weighted by atomic mass is 32.2. The summed E-state index contributed by atoms with van der Waals surface area (Å²) in [6.45, 7) is 1.14. The van der Waals surface area contributed by atoms with Crippen molar-refractivity contribution in [3.8, 4) is 11.5 Å². The van der Waals surface area contributed by atoms with Gasteiger partial charge in [0, 0.05) is 57.0 Å². The summed E-state index contributed by atoms with van der Waals surface area (Å²) in [5, 5.41) is 4.23. The van der Waals surface area contributed by atoms with Crippen LogP contribution >= 0.6 is 0 Å². The van der Waals surface area contributed by atoms with Gasteiger partial charge in [-0.25, -0.2) is 8.42 Å². The Morgan fingerprint density at radius 3 is 2.70 bits per heavy atom. The van der Waals surface area contributed by atoms with Gasteiger partial charge in [-0.3, -0.25) is 9.97 Å². The number of ether oxygens (including phenoxy) is 1. The molecule has 1 saturated heterocycles. The van der Waals surface area contributed by atoms with Crippen LogP contribution in [0, 0.1) is 0 Å². The van der Waals surface area contributed by atoms with Crippen LogP contribution in [-0.2, 0) is 20.2 Å². The zero-order chi connectivity index (χ0) is 21.0. The third kappa shape index (κ3) is 3.98. The first-order valence-corrected chi connectivity index (χ1v) is 11.1. The molecule has 3 aromatic rings. The summed E-state index contributed by atoms with van der Waals surface area (Å²) in [4.78, 5) is 12.8. The van der Waals surface area contributed by atoms with Crippen molar-refractivity contribution in [2.75, 3.05) is 26.8 Å². The lowest BCUT2D eigenvalue weighted by molar-refractivity contribution is 0.128. The Hall–Kier alpha value is -2.69. The Bertz CT molecular complexity index is 1070. The van der Waals surface area contributed by atoms with Crippen LogP contribution in [0.4, 0.5) is 0 Å². The van der Waals surface area contributed by atoms with E-state index in [2.05, 4.69) is 20.1 Å². The van der Waals surface area contributed by atoms with E-state index < -0.39 is 15.4 Å². The molecule has 0 amide bonds. The highest BCUT2D eigenvalue weighted by Gasteiger charge is 2.44. The molecule has 1 atom stereocenters. The van der Waals surface area contributed by atoms with Gasteiger partial charge < -0.3 is 9.26 Å². The smallest absolute Gasteiger partial charge is 0.259 e. The maximum absolute atomic E-state index is 13.2. The number of hydrogen-bond donors (Lipinski definition) is 0. The van der Waals surface area contributed by atoms with Crippen LogP contribution in [0.3, 0.4) is 0 Å². The molecule has 0 N–H and O–H groups in total. The molecular weight excluding hydrogens is 406 g/mol. The molecule has 158 valence electrons. The van der Waals surface area contributed by atoms with Crippen LogP contribution < -0.4 is 0 Å². The molecular formula is C20H23N5O4S.